The van der Waals surface area contributed by atoms with Crippen LogP contribution >= 0.6 is 0 Å². The Hall–Kier alpha value is -5.23. The molecule has 358 valence electrons. The van der Waals surface area contributed by atoms with Crippen LogP contribution < -0.4 is 0 Å². The van der Waals surface area contributed by atoms with Crippen molar-refractivity contribution in [1.82, 2.24) is 0 Å². The summed E-state index contributed by atoms with van der Waals surface area (Å²) in [4.78, 5) is 37.9. The van der Waals surface area contributed by atoms with Crippen LogP contribution in [0.1, 0.15) is 162 Å². The van der Waals surface area contributed by atoms with Crippen LogP contribution in [0.2, 0.25) is 0 Å². The zero-order valence-corrected chi connectivity index (χ0v) is 40.7. The number of hydrogen-bond donors (Lipinski definition) is 0. The van der Waals surface area contributed by atoms with Gasteiger partial charge in [0.2, 0.25) is 0 Å². The second-order valence-electron chi connectivity index (χ2n) is 15.6. The van der Waals surface area contributed by atoms with Gasteiger partial charge in [-0.3, -0.25) is 14.4 Å². The standard InChI is InChI=1S/C59H86O6/c1-4-7-10-13-16-19-22-25-27-28-29-30-32-34-37-40-43-46-49-52-58(61)64-55-56(54-63-57(60)51-48-45-42-39-36-33-24-21-18-15-12-9-6-3)65-59(62)53-50-47-44-41-38-35-31-26-23-20-17-14-11-8-5-2/h7-8,10-11,13-14,16-17,19-20,22-23,25-38,42,45,56H,4-6,9,12,15,18,21,24,39-41,43-44,46-55H2,1-3H3/b10-7+,11-8+,16-13+,17-14+,22-19+,23-20+,27-25+,29-28+,31-26+,32-30+,36-33+,37-34+,38-35+,45-42+. The van der Waals surface area contributed by atoms with Gasteiger partial charge in [0, 0.05) is 19.3 Å². The number of rotatable bonds is 41. The van der Waals surface area contributed by atoms with E-state index < -0.39 is 6.10 Å². The van der Waals surface area contributed by atoms with E-state index in [0.717, 1.165) is 64.2 Å². The number of esters is 3. The summed E-state index contributed by atoms with van der Waals surface area (Å²) in [6, 6.07) is 0. The third-order valence-corrected chi connectivity index (χ3v) is 9.52. The fourth-order valence-electron chi connectivity index (χ4n) is 5.85. The van der Waals surface area contributed by atoms with Crippen molar-refractivity contribution in [3.63, 3.8) is 0 Å². The van der Waals surface area contributed by atoms with Gasteiger partial charge in [-0.05, 0) is 77.0 Å². The summed E-state index contributed by atoms with van der Waals surface area (Å²) >= 11 is 0. The first kappa shape index (κ1) is 59.8. The lowest BCUT2D eigenvalue weighted by molar-refractivity contribution is -0.166. The van der Waals surface area contributed by atoms with E-state index in [2.05, 4.69) is 63.3 Å². The van der Waals surface area contributed by atoms with E-state index in [1.54, 1.807) is 0 Å². The summed E-state index contributed by atoms with van der Waals surface area (Å²) in [5.74, 6) is -1.12. The Kier molecular flexibility index (Phi) is 47.3. The lowest BCUT2D eigenvalue weighted by atomic mass is 10.1. The molecule has 0 aromatic rings. The van der Waals surface area contributed by atoms with Gasteiger partial charge in [0.15, 0.2) is 6.10 Å². The Morgan fingerprint density at radius 1 is 0.338 bits per heavy atom. The van der Waals surface area contributed by atoms with Crippen molar-refractivity contribution in [1.29, 1.82) is 0 Å². The third kappa shape index (κ3) is 49.6. The fraction of sp³-hybridized carbons (Fsp3) is 0.475. The van der Waals surface area contributed by atoms with E-state index in [-0.39, 0.29) is 50.4 Å². The molecule has 0 bridgehead atoms. The molecule has 0 aromatic carbocycles. The summed E-state index contributed by atoms with van der Waals surface area (Å²) in [6.07, 6.45) is 76.3. The van der Waals surface area contributed by atoms with E-state index in [1.165, 1.54) is 38.5 Å². The van der Waals surface area contributed by atoms with Crippen LogP contribution in [0.5, 0.6) is 0 Å². The first-order valence-corrected chi connectivity index (χ1v) is 24.8. The average molecular weight is 891 g/mol. The monoisotopic (exact) mass is 891 g/mol. The van der Waals surface area contributed by atoms with Crippen molar-refractivity contribution < 1.29 is 28.6 Å². The molecule has 6 nitrogen and oxygen atoms in total. The Bertz CT molecular complexity index is 1590. The minimum atomic E-state index is -0.851. The highest BCUT2D eigenvalue weighted by molar-refractivity contribution is 5.71. The Balaban J connectivity index is 4.68. The molecule has 0 amide bonds. The van der Waals surface area contributed by atoms with Crippen molar-refractivity contribution in [2.45, 2.75) is 168 Å². The second kappa shape index (κ2) is 51.4. The number of carbonyl (C=O) groups is 3. The van der Waals surface area contributed by atoms with E-state index in [1.807, 2.05) is 128 Å². The van der Waals surface area contributed by atoms with Gasteiger partial charge in [0.1, 0.15) is 13.2 Å². The zero-order chi connectivity index (χ0) is 47.2. The van der Waals surface area contributed by atoms with Crippen molar-refractivity contribution in [2.24, 2.45) is 0 Å². The summed E-state index contributed by atoms with van der Waals surface area (Å²) in [7, 11) is 0. The number of ether oxygens (including phenoxy) is 3. The second-order valence-corrected chi connectivity index (χ2v) is 15.6. The Morgan fingerprint density at radius 3 is 1.15 bits per heavy atom. The fourth-order valence-corrected chi connectivity index (χ4v) is 5.85. The molecule has 1 atom stereocenters. The van der Waals surface area contributed by atoms with Gasteiger partial charge in [-0.25, -0.2) is 0 Å². The minimum absolute atomic E-state index is 0.146. The Labute approximate surface area is 396 Å². The van der Waals surface area contributed by atoms with E-state index in [4.69, 9.17) is 14.2 Å². The molecule has 0 saturated heterocycles. The molecule has 0 aromatic heterocycles. The highest BCUT2D eigenvalue weighted by Gasteiger charge is 2.19. The van der Waals surface area contributed by atoms with E-state index in [0.29, 0.717) is 19.3 Å². The van der Waals surface area contributed by atoms with E-state index in [9.17, 15) is 14.4 Å². The first-order chi connectivity index (χ1) is 32.0. The van der Waals surface area contributed by atoms with Gasteiger partial charge in [0.25, 0.3) is 0 Å². The highest BCUT2D eigenvalue weighted by Crippen LogP contribution is 2.11. The van der Waals surface area contributed by atoms with Gasteiger partial charge in [-0.1, -0.05) is 236 Å². The zero-order valence-electron chi connectivity index (χ0n) is 40.7. The molecule has 1 unspecified atom stereocenters. The SMILES string of the molecule is CC/C=C/C=C/C=C/C=C/C=C/C=C/C=C/CCCCCC(=O)OCC(COC(=O)CC/C=C/C/C=C/CCCCCCCC)OC(=O)CCCCC/C=C/C=C/C=C/C=C/C=C/CC. The molecule has 0 radical (unpaired) electrons. The van der Waals surface area contributed by atoms with Crippen LogP contribution in [-0.4, -0.2) is 37.2 Å². The normalized spacial score (nSPS) is 13.6. The molecular weight excluding hydrogens is 805 g/mol. The molecule has 0 N–H and O–H groups in total. The van der Waals surface area contributed by atoms with Crippen molar-refractivity contribution in [2.75, 3.05) is 13.2 Å². The molecule has 0 spiro atoms. The molecule has 0 saturated carbocycles. The lowest BCUT2D eigenvalue weighted by Gasteiger charge is -2.18. The molecular formula is C59H86O6. The average Bonchev–Trinajstić information content (AvgIpc) is 3.30. The molecule has 0 rings (SSSR count). The van der Waals surface area contributed by atoms with Gasteiger partial charge >= 0.3 is 17.9 Å². The minimum Gasteiger partial charge on any atom is -0.462 e. The summed E-state index contributed by atoms with van der Waals surface area (Å²) < 4.78 is 16.6. The largest absolute Gasteiger partial charge is 0.462 e. The maximum atomic E-state index is 12.8. The van der Waals surface area contributed by atoms with Gasteiger partial charge in [0.05, 0.1) is 0 Å². The van der Waals surface area contributed by atoms with E-state index >= 15 is 0 Å². The smallest absolute Gasteiger partial charge is 0.306 e. The van der Waals surface area contributed by atoms with Crippen molar-refractivity contribution in [3.8, 4) is 0 Å². The van der Waals surface area contributed by atoms with Crippen LogP contribution in [0.15, 0.2) is 170 Å². The summed E-state index contributed by atoms with van der Waals surface area (Å²) in [6.45, 7) is 6.17. The van der Waals surface area contributed by atoms with Gasteiger partial charge in [-0.2, -0.15) is 0 Å². The van der Waals surface area contributed by atoms with Crippen LogP contribution in [0.3, 0.4) is 0 Å². The molecule has 0 aliphatic rings. The molecule has 65 heavy (non-hydrogen) atoms. The topological polar surface area (TPSA) is 78.9 Å². The molecule has 0 heterocycles. The van der Waals surface area contributed by atoms with Crippen LogP contribution in [-0.2, 0) is 28.6 Å². The predicted octanol–water partition coefficient (Wildman–Crippen LogP) is 16.4. The van der Waals surface area contributed by atoms with Crippen LogP contribution in [0.25, 0.3) is 0 Å². The van der Waals surface area contributed by atoms with Gasteiger partial charge < -0.3 is 14.2 Å². The maximum absolute atomic E-state index is 12.8. The Morgan fingerprint density at radius 2 is 0.692 bits per heavy atom. The number of unbranched alkanes of at least 4 members (excludes halogenated alkanes) is 12. The highest BCUT2D eigenvalue weighted by atomic mass is 16.6. The van der Waals surface area contributed by atoms with Crippen molar-refractivity contribution >= 4 is 17.9 Å². The van der Waals surface area contributed by atoms with Gasteiger partial charge in [-0.15, -0.1) is 0 Å². The maximum Gasteiger partial charge on any atom is 0.306 e. The molecule has 0 aliphatic heterocycles. The number of hydrogen-bond acceptors (Lipinski definition) is 6. The van der Waals surface area contributed by atoms with Crippen LogP contribution in [0, 0.1) is 0 Å². The predicted molar refractivity (Wildman–Crippen MR) is 278 cm³/mol. The quantitative estimate of drug-likeness (QED) is 0.0200. The third-order valence-electron chi connectivity index (χ3n) is 9.52. The lowest BCUT2D eigenvalue weighted by Crippen LogP contribution is -2.30. The van der Waals surface area contributed by atoms with Crippen LogP contribution in [0.4, 0.5) is 0 Å². The first-order valence-electron chi connectivity index (χ1n) is 24.8. The summed E-state index contributed by atoms with van der Waals surface area (Å²) in [5.41, 5.74) is 0. The summed E-state index contributed by atoms with van der Waals surface area (Å²) in [5, 5.41) is 0. The molecule has 0 aliphatic carbocycles. The molecule has 0 fully saturated rings. The number of carbonyl (C=O) groups excluding carboxylic acids is 3. The number of allylic oxidation sites excluding steroid dienone is 28. The van der Waals surface area contributed by atoms with Crippen molar-refractivity contribution in [3.05, 3.63) is 170 Å². The molecule has 6 heteroatoms.